The first-order chi connectivity index (χ1) is 10.1. The van der Waals surface area contributed by atoms with E-state index in [2.05, 4.69) is 35.2 Å². The molecule has 0 radical (unpaired) electrons. The predicted molar refractivity (Wildman–Crippen MR) is 85.1 cm³/mol. The topological polar surface area (TPSA) is 56.7 Å². The number of rotatable bonds is 3. The van der Waals surface area contributed by atoms with Gasteiger partial charge in [-0.25, -0.2) is 0 Å². The molecule has 3 rings (SSSR count). The van der Waals surface area contributed by atoms with Crippen molar-refractivity contribution >= 4 is 10.9 Å². The molecule has 0 spiro atoms. The molecular formula is C17H20N4. The van der Waals surface area contributed by atoms with Crippen LogP contribution in [0.3, 0.4) is 0 Å². The number of benzene rings is 1. The summed E-state index contributed by atoms with van der Waals surface area (Å²) in [5, 5.41) is 5.59. The van der Waals surface area contributed by atoms with Crippen molar-refractivity contribution in [1.29, 1.82) is 0 Å². The van der Waals surface area contributed by atoms with Gasteiger partial charge in [-0.15, -0.1) is 0 Å². The third-order valence-electron chi connectivity index (χ3n) is 4.15. The Bertz CT molecular complexity index is 783. The van der Waals surface area contributed by atoms with E-state index in [1.807, 2.05) is 37.0 Å². The third kappa shape index (κ3) is 2.43. The van der Waals surface area contributed by atoms with Crippen molar-refractivity contribution in [3.8, 4) is 0 Å². The number of aromatic nitrogens is 3. The average molecular weight is 280 g/mol. The van der Waals surface area contributed by atoms with Crippen LogP contribution in [0.25, 0.3) is 10.9 Å². The molecule has 4 heteroatoms. The van der Waals surface area contributed by atoms with E-state index >= 15 is 0 Å². The lowest BCUT2D eigenvalue weighted by atomic mass is 9.96. The van der Waals surface area contributed by atoms with Crippen LogP contribution in [0.1, 0.15) is 28.6 Å². The van der Waals surface area contributed by atoms with Crippen molar-refractivity contribution in [2.45, 2.75) is 26.3 Å². The lowest BCUT2D eigenvalue weighted by Gasteiger charge is -2.14. The van der Waals surface area contributed by atoms with Gasteiger partial charge in [-0.3, -0.25) is 9.67 Å². The van der Waals surface area contributed by atoms with Crippen molar-refractivity contribution in [3.05, 3.63) is 59.0 Å². The molecule has 3 aromatic rings. The monoisotopic (exact) mass is 280 g/mol. The van der Waals surface area contributed by atoms with Crippen LogP contribution in [0.2, 0.25) is 0 Å². The van der Waals surface area contributed by atoms with Gasteiger partial charge in [0.25, 0.3) is 0 Å². The van der Waals surface area contributed by atoms with Crippen LogP contribution < -0.4 is 5.73 Å². The molecule has 2 aromatic heterocycles. The Hall–Kier alpha value is -2.20. The summed E-state index contributed by atoms with van der Waals surface area (Å²) in [7, 11) is 1.97. The Morgan fingerprint density at radius 3 is 2.67 bits per heavy atom. The molecule has 0 aliphatic carbocycles. The van der Waals surface area contributed by atoms with Gasteiger partial charge in [0.2, 0.25) is 0 Å². The number of nitrogens with two attached hydrogens (primary N) is 1. The SMILES string of the molecule is Cc1nn(C)c(C)c1CC(N)c1cccc2cccnc12. The predicted octanol–water partition coefficient (Wildman–Crippen LogP) is 2.83. The van der Waals surface area contributed by atoms with Gasteiger partial charge in [-0.2, -0.15) is 5.10 Å². The molecule has 4 nitrogen and oxygen atoms in total. The molecule has 1 aromatic carbocycles. The highest BCUT2D eigenvalue weighted by Crippen LogP contribution is 2.25. The first-order valence-corrected chi connectivity index (χ1v) is 7.16. The molecule has 0 fully saturated rings. The second kappa shape index (κ2) is 5.30. The Morgan fingerprint density at radius 2 is 1.95 bits per heavy atom. The van der Waals surface area contributed by atoms with E-state index in [1.54, 1.807) is 0 Å². The van der Waals surface area contributed by atoms with Crippen LogP contribution in [0.15, 0.2) is 36.5 Å². The Kier molecular flexibility index (Phi) is 3.47. The molecule has 2 heterocycles. The highest BCUT2D eigenvalue weighted by atomic mass is 15.3. The van der Waals surface area contributed by atoms with E-state index < -0.39 is 0 Å². The van der Waals surface area contributed by atoms with Gasteiger partial charge < -0.3 is 5.73 Å². The first kappa shape index (κ1) is 13.8. The largest absolute Gasteiger partial charge is 0.324 e. The number of hydrogen-bond acceptors (Lipinski definition) is 3. The highest BCUT2D eigenvalue weighted by Gasteiger charge is 2.16. The number of pyridine rings is 1. The maximum Gasteiger partial charge on any atom is 0.0749 e. The zero-order valence-corrected chi connectivity index (χ0v) is 12.7. The van der Waals surface area contributed by atoms with Crippen molar-refractivity contribution in [3.63, 3.8) is 0 Å². The van der Waals surface area contributed by atoms with E-state index in [0.717, 1.165) is 28.6 Å². The van der Waals surface area contributed by atoms with Crippen molar-refractivity contribution in [2.75, 3.05) is 0 Å². The van der Waals surface area contributed by atoms with Gasteiger partial charge in [-0.1, -0.05) is 24.3 Å². The van der Waals surface area contributed by atoms with Crippen molar-refractivity contribution in [2.24, 2.45) is 12.8 Å². The lowest BCUT2D eigenvalue weighted by molar-refractivity contribution is 0.710. The van der Waals surface area contributed by atoms with Gasteiger partial charge in [-0.05, 0) is 37.5 Å². The zero-order chi connectivity index (χ0) is 15.0. The molecule has 0 saturated heterocycles. The van der Waals surface area contributed by atoms with E-state index in [1.165, 1.54) is 11.3 Å². The number of aryl methyl sites for hydroxylation is 2. The summed E-state index contributed by atoms with van der Waals surface area (Å²) < 4.78 is 1.92. The summed E-state index contributed by atoms with van der Waals surface area (Å²) in [4.78, 5) is 4.49. The molecule has 0 amide bonds. The van der Waals surface area contributed by atoms with Crippen LogP contribution in [-0.2, 0) is 13.5 Å². The Balaban J connectivity index is 1.99. The molecule has 0 aliphatic rings. The molecular weight excluding hydrogens is 260 g/mol. The van der Waals surface area contributed by atoms with Crippen LogP contribution >= 0.6 is 0 Å². The fraction of sp³-hybridized carbons (Fsp3) is 0.294. The molecule has 1 unspecified atom stereocenters. The molecule has 108 valence electrons. The minimum Gasteiger partial charge on any atom is -0.324 e. The van der Waals surface area contributed by atoms with E-state index in [9.17, 15) is 0 Å². The number of fused-ring (bicyclic) bond motifs is 1. The Labute approximate surface area is 124 Å². The van der Waals surface area contributed by atoms with Crippen LogP contribution in [0.4, 0.5) is 0 Å². The standard InChI is InChI=1S/C17H20N4/c1-11-15(12(2)21(3)20-11)10-16(18)14-8-4-6-13-7-5-9-19-17(13)14/h4-9,16H,10,18H2,1-3H3. The van der Waals surface area contributed by atoms with Crippen molar-refractivity contribution in [1.82, 2.24) is 14.8 Å². The zero-order valence-electron chi connectivity index (χ0n) is 12.7. The second-order valence-corrected chi connectivity index (χ2v) is 5.51. The molecule has 21 heavy (non-hydrogen) atoms. The molecule has 0 bridgehead atoms. The summed E-state index contributed by atoms with van der Waals surface area (Å²) >= 11 is 0. The summed E-state index contributed by atoms with van der Waals surface area (Å²) in [6, 6.07) is 10.1. The molecule has 1 atom stereocenters. The van der Waals surface area contributed by atoms with Crippen molar-refractivity contribution < 1.29 is 0 Å². The maximum atomic E-state index is 6.46. The van der Waals surface area contributed by atoms with Crippen LogP contribution in [0.5, 0.6) is 0 Å². The quantitative estimate of drug-likeness (QED) is 0.802. The van der Waals surface area contributed by atoms with Crippen LogP contribution in [-0.4, -0.2) is 14.8 Å². The minimum atomic E-state index is -0.0785. The van der Waals surface area contributed by atoms with Gasteiger partial charge in [0.05, 0.1) is 11.2 Å². The Morgan fingerprint density at radius 1 is 1.19 bits per heavy atom. The summed E-state index contributed by atoms with van der Waals surface area (Å²) in [5.74, 6) is 0. The molecule has 2 N–H and O–H groups in total. The molecule has 0 saturated carbocycles. The average Bonchev–Trinajstić information content (AvgIpc) is 2.73. The van der Waals surface area contributed by atoms with Crippen LogP contribution in [0, 0.1) is 13.8 Å². The van der Waals surface area contributed by atoms with Gasteiger partial charge in [0, 0.05) is 30.4 Å². The van der Waals surface area contributed by atoms with E-state index in [4.69, 9.17) is 5.73 Å². The van der Waals surface area contributed by atoms with E-state index in [0.29, 0.717) is 0 Å². The third-order valence-corrected chi connectivity index (χ3v) is 4.15. The van der Waals surface area contributed by atoms with Gasteiger partial charge in [0.1, 0.15) is 0 Å². The summed E-state index contributed by atoms with van der Waals surface area (Å²) in [5.41, 5.74) is 12.0. The summed E-state index contributed by atoms with van der Waals surface area (Å²) in [6.45, 7) is 4.12. The highest BCUT2D eigenvalue weighted by molar-refractivity contribution is 5.82. The fourth-order valence-corrected chi connectivity index (χ4v) is 2.87. The number of hydrogen-bond donors (Lipinski definition) is 1. The first-order valence-electron chi connectivity index (χ1n) is 7.16. The fourth-order valence-electron chi connectivity index (χ4n) is 2.87. The normalized spacial score (nSPS) is 12.8. The lowest BCUT2D eigenvalue weighted by Crippen LogP contribution is -2.15. The minimum absolute atomic E-state index is 0.0785. The molecule has 0 aliphatic heterocycles. The maximum absolute atomic E-state index is 6.46. The number of para-hydroxylation sites is 1. The smallest absolute Gasteiger partial charge is 0.0749 e. The second-order valence-electron chi connectivity index (χ2n) is 5.51. The van der Waals surface area contributed by atoms with E-state index in [-0.39, 0.29) is 6.04 Å². The summed E-state index contributed by atoms with van der Waals surface area (Å²) in [6.07, 6.45) is 2.60. The van der Waals surface area contributed by atoms with Gasteiger partial charge >= 0.3 is 0 Å². The number of nitrogens with zero attached hydrogens (tertiary/aromatic N) is 3. The van der Waals surface area contributed by atoms with Gasteiger partial charge in [0.15, 0.2) is 0 Å².